The highest BCUT2D eigenvalue weighted by molar-refractivity contribution is 7.84. The molecule has 0 aromatic heterocycles. The van der Waals surface area contributed by atoms with Gasteiger partial charge in [0.15, 0.2) is 0 Å². The number of hydrogen-bond donors (Lipinski definition) is 1. The van der Waals surface area contributed by atoms with Crippen molar-refractivity contribution in [1.29, 1.82) is 0 Å². The van der Waals surface area contributed by atoms with Crippen LogP contribution in [0, 0.1) is 0 Å². The molecule has 1 atom stereocenters. The highest BCUT2D eigenvalue weighted by Gasteiger charge is 2.34. The van der Waals surface area contributed by atoms with Gasteiger partial charge in [0.2, 0.25) is 5.79 Å². The molecule has 8 N–H and O–H groups in total. The molecule has 21 heavy (non-hydrogen) atoms. The van der Waals surface area contributed by atoms with Crippen LogP contribution in [0.4, 0.5) is 0 Å². The molecule has 0 radical (unpaired) electrons. The number of nitrogens with two attached hydrogens (primary N) is 1. The van der Waals surface area contributed by atoms with Gasteiger partial charge in [0.25, 0.3) is 0 Å². The third-order valence-electron chi connectivity index (χ3n) is 2.43. The maximum Gasteiger partial charge on any atom is 0.333 e. The highest BCUT2D eigenvalue weighted by Crippen LogP contribution is 2.38. The van der Waals surface area contributed by atoms with Crippen LogP contribution in [0.25, 0.3) is 0 Å². The maximum atomic E-state index is 10.8. The average molecular weight is 327 g/mol. The molecule has 1 aliphatic heterocycles. The molecule has 0 saturated heterocycles. The van der Waals surface area contributed by atoms with Gasteiger partial charge >= 0.3 is 10.3 Å². The van der Waals surface area contributed by atoms with Gasteiger partial charge in [0.1, 0.15) is 11.9 Å². The van der Waals surface area contributed by atoms with E-state index in [1.807, 2.05) is 12.1 Å². The van der Waals surface area contributed by atoms with Crippen molar-refractivity contribution < 1.29 is 38.5 Å². The Morgan fingerprint density at radius 3 is 2.38 bits per heavy atom. The fourth-order valence-electron chi connectivity index (χ4n) is 1.81. The predicted molar refractivity (Wildman–Crippen MR) is 74.9 cm³/mol. The summed E-state index contributed by atoms with van der Waals surface area (Å²) in [4.78, 5) is 0. The lowest BCUT2D eigenvalue weighted by Crippen LogP contribution is -2.39. The fraction of sp³-hybridized carbons (Fsp3) is 0.455. The predicted octanol–water partition coefficient (Wildman–Crippen LogP) is -1.38. The van der Waals surface area contributed by atoms with Gasteiger partial charge in [-0.05, 0) is 6.07 Å². The Balaban J connectivity index is 0. The summed E-state index contributed by atoms with van der Waals surface area (Å²) in [6.45, 7) is 3.31. The summed E-state index contributed by atoms with van der Waals surface area (Å²) < 4.78 is 37.5. The minimum Gasteiger partial charge on any atom is -0.463 e. The zero-order valence-corrected chi connectivity index (χ0v) is 12.4. The summed E-state index contributed by atoms with van der Waals surface area (Å²) in [5, 5.41) is 4.80. The molecular weight excluding hydrogens is 306 g/mol. The second-order valence-electron chi connectivity index (χ2n) is 4.42. The van der Waals surface area contributed by atoms with Crippen molar-refractivity contribution in [2.24, 2.45) is 5.14 Å². The normalized spacial score (nSPS) is 18.9. The van der Waals surface area contributed by atoms with E-state index in [1.54, 1.807) is 26.0 Å². The van der Waals surface area contributed by atoms with Crippen LogP contribution in [-0.4, -0.2) is 37.2 Å². The number of fused-ring (bicyclic) bond motifs is 1. The Morgan fingerprint density at radius 2 is 1.81 bits per heavy atom. The smallest absolute Gasteiger partial charge is 0.333 e. The molecule has 0 bridgehead atoms. The molecule has 1 heterocycles. The van der Waals surface area contributed by atoms with E-state index in [2.05, 4.69) is 4.18 Å². The van der Waals surface area contributed by atoms with Gasteiger partial charge in [-0.3, -0.25) is 4.18 Å². The second-order valence-corrected chi connectivity index (χ2v) is 5.64. The molecule has 0 fully saturated rings. The van der Waals surface area contributed by atoms with Crippen LogP contribution >= 0.6 is 0 Å². The van der Waals surface area contributed by atoms with Crippen molar-refractivity contribution in [2.75, 3.05) is 6.61 Å². The van der Waals surface area contributed by atoms with Gasteiger partial charge in [-0.1, -0.05) is 18.2 Å². The van der Waals surface area contributed by atoms with E-state index in [-0.39, 0.29) is 23.0 Å². The largest absolute Gasteiger partial charge is 0.463 e. The topological polar surface area (TPSA) is 182 Å². The lowest BCUT2D eigenvalue weighted by molar-refractivity contribution is -0.212. The van der Waals surface area contributed by atoms with E-state index < -0.39 is 22.2 Å². The van der Waals surface area contributed by atoms with Crippen molar-refractivity contribution in [1.82, 2.24) is 0 Å². The van der Waals surface area contributed by atoms with Crippen molar-refractivity contribution in [3.8, 4) is 5.75 Å². The standard InChI is InChI=1S/C11H15NO5S.3H2O/c1-11(2)16-9-6-4-3-5-8(9)10(17-11)7-15-18(12,13)14;;;/h3-6,10H,7H2,1-2H3,(H2,12,13,14);3*1H2. The summed E-state index contributed by atoms with van der Waals surface area (Å²) in [6.07, 6.45) is -0.539. The molecule has 9 nitrogen and oxygen atoms in total. The molecule has 1 aliphatic rings. The molecule has 0 saturated carbocycles. The van der Waals surface area contributed by atoms with E-state index in [1.165, 1.54) is 0 Å². The first-order valence-corrected chi connectivity index (χ1v) is 6.87. The molecule has 0 amide bonds. The summed E-state index contributed by atoms with van der Waals surface area (Å²) in [7, 11) is -3.98. The Hall–Kier alpha value is -1.27. The zero-order chi connectivity index (χ0) is 13.4. The van der Waals surface area contributed by atoms with E-state index in [9.17, 15) is 8.42 Å². The molecule has 2 rings (SSSR count). The second kappa shape index (κ2) is 7.66. The first kappa shape index (κ1) is 22.0. The summed E-state index contributed by atoms with van der Waals surface area (Å²) >= 11 is 0. The van der Waals surface area contributed by atoms with Crippen molar-refractivity contribution in [2.45, 2.75) is 25.7 Å². The number of hydrogen-bond acceptors (Lipinski definition) is 5. The number of para-hydroxylation sites is 1. The van der Waals surface area contributed by atoms with E-state index >= 15 is 0 Å². The van der Waals surface area contributed by atoms with Gasteiger partial charge < -0.3 is 25.9 Å². The van der Waals surface area contributed by atoms with Crippen LogP contribution in [-0.2, 0) is 19.2 Å². The first-order chi connectivity index (χ1) is 8.27. The van der Waals surface area contributed by atoms with Gasteiger partial charge in [0, 0.05) is 19.4 Å². The Kier molecular flexibility index (Phi) is 8.03. The highest BCUT2D eigenvalue weighted by atomic mass is 32.2. The summed E-state index contributed by atoms with van der Waals surface area (Å²) in [6, 6.07) is 7.23. The van der Waals surface area contributed by atoms with E-state index in [0.29, 0.717) is 5.75 Å². The van der Waals surface area contributed by atoms with Crippen LogP contribution in [0.2, 0.25) is 0 Å². The number of ether oxygens (including phenoxy) is 2. The lowest BCUT2D eigenvalue weighted by atomic mass is 10.1. The van der Waals surface area contributed by atoms with E-state index in [0.717, 1.165) is 5.56 Å². The third-order valence-corrected chi connectivity index (χ3v) is 2.90. The molecule has 1 aromatic carbocycles. The lowest BCUT2D eigenvalue weighted by Gasteiger charge is -2.37. The Bertz CT molecular complexity index is 545. The fourth-order valence-corrected chi connectivity index (χ4v) is 2.13. The molecule has 0 aliphatic carbocycles. The molecular formula is C11H21NO8S. The number of rotatable bonds is 3. The van der Waals surface area contributed by atoms with Crippen molar-refractivity contribution in [3.63, 3.8) is 0 Å². The molecule has 1 aromatic rings. The van der Waals surface area contributed by atoms with Gasteiger partial charge in [0.05, 0.1) is 6.61 Å². The van der Waals surface area contributed by atoms with Crippen LogP contribution < -0.4 is 9.88 Å². The average Bonchev–Trinajstić information content (AvgIpc) is 2.23. The van der Waals surface area contributed by atoms with Crippen LogP contribution in [0.5, 0.6) is 5.75 Å². The van der Waals surface area contributed by atoms with Crippen molar-refractivity contribution >= 4 is 10.3 Å². The Labute approximate surface area is 122 Å². The molecule has 124 valence electrons. The monoisotopic (exact) mass is 327 g/mol. The van der Waals surface area contributed by atoms with Crippen LogP contribution in [0.15, 0.2) is 24.3 Å². The SMILES string of the molecule is CC1(C)Oc2ccccc2C(COS(N)(=O)=O)O1.O.O.O. The van der Waals surface area contributed by atoms with Gasteiger partial charge in [-0.25, -0.2) is 5.14 Å². The van der Waals surface area contributed by atoms with Crippen LogP contribution in [0.3, 0.4) is 0 Å². The molecule has 1 unspecified atom stereocenters. The van der Waals surface area contributed by atoms with Crippen molar-refractivity contribution in [3.05, 3.63) is 29.8 Å². The summed E-state index contributed by atoms with van der Waals surface area (Å²) in [5.74, 6) is -0.197. The minimum atomic E-state index is -3.98. The van der Waals surface area contributed by atoms with Gasteiger partial charge in [-0.2, -0.15) is 8.42 Å². The molecule has 10 heteroatoms. The minimum absolute atomic E-state index is 0. The Morgan fingerprint density at radius 1 is 1.24 bits per heavy atom. The first-order valence-electron chi connectivity index (χ1n) is 5.40. The van der Waals surface area contributed by atoms with E-state index in [4.69, 9.17) is 14.6 Å². The third kappa shape index (κ3) is 5.93. The summed E-state index contributed by atoms with van der Waals surface area (Å²) in [5.41, 5.74) is 0.737. The number of benzene rings is 1. The van der Waals surface area contributed by atoms with Gasteiger partial charge in [-0.15, -0.1) is 0 Å². The maximum absolute atomic E-state index is 10.8. The molecule has 0 spiro atoms. The quantitative estimate of drug-likeness (QED) is 0.716. The zero-order valence-electron chi connectivity index (χ0n) is 11.6. The van der Waals surface area contributed by atoms with Crippen LogP contribution in [0.1, 0.15) is 25.5 Å².